The molecule has 1 atom stereocenters. The zero-order valence-electron chi connectivity index (χ0n) is 6.85. The molecule has 0 aliphatic heterocycles. The lowest BCUT2D eigenvalue weighted by molar-refractivity contribution is 0.591. The van der Waals surface area contributed by atoms with Crippen LogP contribution in [0.15, 0.2) is 18.2 Å². The van der Waals surface area contributed by atoms with E-state index in [1.54, 1.807) is 12.1 Å². The molecule has 0 aliphatic rings. The first-order chi connectivity index (χ1) is 5.66. The molecule has 0 saturated carbocycles. The lowest BCUT2D eigenvalue weighted by Crippen LogP contribution is -2.10. The van der Waals surface area contributed by atoms with Gasteiger partial charge in [0.1, 0.15) is 5.82 Å². The van der Waals surface area contributed by atoms with Gasteiger partial charge in [-0.3, -0.25) is 0 Å². The fourth-order valence-electron chi connectivity index (χ4n) is 1.10. The second-order valence-electron chi connectivity index (χ2n) is 2.77. The molecule has 2 N–H and O–H groups in total. The minimum Gasteiger partial charge on any atom is -0.330 e. The van der Waals surface area contributed by atoms with E-state index >= 15 is 0 Å². The van der Waals surface area contributed by atoms with Crippen LogP contribution in [0.3, 0.4) is 0 Å². The minimum atomic E-state index is -0.277. The third-order valence-corrected chi connectivity index (χ3v) is 2.18. The molecule has 0 saturated heterocycles. The molecule has 66 valence electrons. The smallest absolute Gasteiger partial charge is 0.128 e. The summed E-state index contributed by atoms with van der Waals surface area (Å²) in [5.41, 5.74) is 5.93. The fraction of sp³-hybridized carbons (Fsp3) is 0.333. The molecule has 1 aromatic carbocycles. The van der Waals surface area contributed by atoms with Crippen molar-refractivity contribution in [2.24, 2.45) is 5.73 Å². The Morgan fingerprint density at radius 3 is 2.75 bits per heavy atom. The topological polar surface area (TPSA) is 26.0 Å². The lowest BCUT2D eigenvalue weighted by Gasteiger charge is -2.11. The normalized spacial score (nSPS) is 13.0. The van der Waals surface area contributed by atoms with Gasteiger partial charge in [-0.1, -0.05) is 24.6 Å². The van der Waals surface area contributed by atoms with Crippen molar-refractivity contribution >= 4 is 11.6 Å². The van der Waals surface area contributed by atoms with E-state index in [1.165, 1.54) is 6.07 Å². The predicted octanol–water partition coefficient (Wildman–Crippen LogP) is 2.54. The van der Waals surface area contributed by atoms with Gasteiger partial charge < -0.3 is 5.73 Å². The van der Waals surface area contributed by atoms with Gasteiger partial charge in [0.2, 0.25) is 0 Å². The first-order valence-corrected chi connectivity index (χ1v) is 4.18. The van der Waals surface area contributed by atoms with E-state index in [9.17, 15) is 4.39 Å². The molecule has 0 fully saturated rings. The molecule has 1 nitrogen and oxygen atoms in total. The van der Waals surface area contributed by atoms with Crippen molar-refractivity contribution in [2.75, 3.05) is 6.54 Å². The average Bonchev–Trinajstić information content (AvgIpc) is 2.03. The van der Waals surface area contributed by atoms with Crippen LogP contribution in [0.1, 0.15) is 18.4 Å². The number of hydrogen-bond donors (Lipinski definition) is 1. The monoisotopic (exact) mass is 187 g/mol. The molecule has 1 aromatic rings. The molecule has 1 rings (SSSR count). The van der Waals surface area contributed by atoms with Crippen molar-refractivity contribution < 1.29 is 4.39 Å². The van der Waals surface area contributed by atoms with Crippen molar-refractivity contribution in [3.8, 4) is 0 Å². The van der Waals surface area contributed by atoms with Gasteiger partial charge in [-0.2, -0.15) is 0 Å². The van der Waals surface area contributed by atoms with Gasteiger partial charge in [0, 0.05) is 10.6 Å². The van der Waals surface area contributed by atoms with Crippen molar-refractivity contribution in [2.45, 2.75) is 12.8 Å². The summed E-state index contributed by atoms with van der Waals surface area (Å²) in [6.45, 7) is 2.25. The van der Waals surface area contributed by atoms with Crippen LogP contribution in [0.2, 0.25) is 5.02 Å². The molecule has 0 radical (unpaired) electrons. The number of nitrogens with two attached hydrogens (primary N) is 1. The highest BCUT2D eigenvalue weighted by Gasteiger charge is 2.12. The maximum absolute atomic E-state index is 13.1. The van der Waals surface area contributed by atoms with Crippen molar-refractivity contribution in [3.63, 3.8) is 0 Å². The summed E-state index contributed by atoms with van der Waals surface area (Å²) in [7, 11) is 0. The Hall–Kier alpha value is -0.600. The molecule has 0 spiro atoms. The average molecular weight is 188 g/mol. The molecule has 0 aromatic heterocycles. The maximum atomic E-state index is 13.1. The van der Waals surface area contributed by atoms with Gasteiger partial charge in [0.25, 0.3) is 0 Å². The second-order valence-corrected chi connectivity index (χ2v) is 3.18. The Balaban J connectivity index is 3.12. The van der Waals surface area contributed by atoms with Crippen LogP contribution in [-0.2, 0) is 0 Å². The van der Waals surface area contributed by atoms with Crippen molar-refractivity contribution in [1.82, 2.24) is 0 Å². The molecule has 0 heterocycles. The first kappa shape index (κ1) is 9.49. The zero-order valence-corrected chi connectivity index (χ0v) is 7.61. The quantitative estimate of drug-likeness (QED) is 0.757. The summed E-state index contributed by atoms with van der Waals surface area (Å²) in [5.74, 6) is -0.306. The summed E-state index contributed by atoms with van der Waals surface area (Å²) in [6, 6.07) is 4.66. The second kappa shape index (κ2) is 3.87. The molecule has 12 heavy (non-hydrogen) atoms. The van der Waals surface area contributed by atoms with Crippen molar-refractivity contribution in [3.05, 3.63) is 34.6 Å². The minimum absolute atomic E-state index is 0.0290. The van der Waals surface area contributed by atoms with Gasteiger partial charge in [-0.25, -0.2) is 4.39 Å². The first-order valence-electron chi connectivity index (χ1n) is 3.80. The maximum Gasteiger partial charge on any atom is 0.128 e. The van der Waals surface area contributed by atoms with Crippen LogP contribution < -0.4 is 5.73 Å². The zero-order chi connectivity index (χ0) is 9.14. The van der Waals surface area contributed by atoms with Gasteiger partial charge in [0.05, 0.1) is 0 Å². The van der Waals surface area contributed by atoms with E-state index in [0.29, 0.717) is 17.1 Å². The molecule has 0 bridgehead atoms. The van der Waals surface area contributed by atoms with E-state index in [4.69, 9.17) is 17.3 Å². The number of hydrogen-bond acceptors (Lipinski definition) is 1. The van der Waals surface area contributed by atoms with Crippen LogP contribution in [0.4, 0.5) is 4.39 Å². The highest BCUT2D eigenvalue weighted by molar-refractivity contribution is 6.31. The summed E-state index contributed by atoms with van der Waals surface area (Å²) in [4.78, 5) is 0. The van der Waals surface area contributed by atoms with Crippen LogP contribution in [0, 0.1) is 5.82 Å². The number of rotatable bonds is 2. The summed E-state index contributed by atoms with van der Waals surface area (Å²) in [6.07, 6.45) is 0. The van der Waals surface area contributed by atoms with Crippen LogP contribution in [0.5, 0.6) is 0 Å². The predicted molar refractivity (Wildman–Crippen MR) is 48.9 cm³/mol. The van der Waals surface area contributed by atoms with Gasteiger partial charge in [-0.15, -0.1) is 0 Å². The molecule has 3 heteroatoms. The van der Waals surface area contributed by atoms with E-state index < -0.39 is 0 Å². The van der Waals surface area contributed by atoms with E-state index in [2.05, 4.69) is 0 Å². The third kappa shape index (κ3) is 1.76. The number of halogens is 2. The fourth-order valence-corrected chi connectivity index (χ4v) is 1.45. The standard InChI is InChI=1S/C9H11ClFN/c1-6(5-12)9-7(10)3-2-4-8(9)11/h2-4,6H,5,12H2,1H3. The summed E-state index contributed by atoms with van der Waals surface area (Å²) in [5, 5.41) is 0.452. The largest absolute Gasteiger partial charge is 0.330 e. The lowest BCUT2D eigenvalue weighted by atomic mass is 10.0. The van der Waals surface area contributed by atoms with E-state index in [-0.39, 0.29) is 11.7 Å². The Morgan fingerprint density at radius 1 is 1.58 bits per heavy atom. The number of benzene rings is 1. The highest BCUT2D eigenvalue weighted by atomic mass is 35.5. The molecular weight excluding hydrogens is 177 g/mol. The Labute approximate surface area is 76.3 Å². The highest BCUT2D eigenvalue weighted by Crippen LogP contribution is 2.26. The van der Waals surface area contributed by atoms with Crippen LogP contribution in [0.25, 0.3) is 0 Å². The molecule has 1 unspecified atom stereocenters. The third-order valence-electron chi connectivity index (χ3n) is 1.85. The van der Waals surface area contributed by atoms with Crippen LogP contribution in [-0.4, -0.2) is 6.54 Å². The molecular formula is C9H11ClFN. The SMILES string of the molecule is CC(CN)c1c(F)cccc1Cl. The Bertz CT molecular complexity index is 255. The van der Waals surface area contributed by atoms with E-state index in [0.717, 1.165) is 0 Å². The van der Waals surface area contributed by atoms with Gasteiger partial charge in [-0.05, 0) is 24.6 Å². The van der Waals surface area contributed by atoms with E-state index in [1.807, 2.05) is 6.92 Å². The van der Waals surface area contributed by atoms with Gasteiger partial charge in [0.15, 0.2) is 0 Å². The molecule has 0 amide bonds. The molecule has 0 aliphatic carbocycles. The Kier molecular flexibility index (Phi) is 3.06. The Morgan fingerprint density at radius 2 is 2.25 bits per heavy atom. The summed E-state index contributed by atoms with van der Waals surface area (Å²) < 4.78 is 13.1. The van der Waals surface area contributed by atoms with Crippen molar-refractivity contribution in [1.29, 1.82) is 0 Å². The summed E-state index contributed by atoms with van der Waals surface area (Å²) >= 11 is 5.81. The van der Waals surface area contributed by atoms with Gasteiger partial charge >= 0.3 is 0 Å². The van der Waals surface area contributed by atoms with Crippen LogP contribution >= 0.6 is 11.6 Å².